The number of hydrogen-bond donors (Lipinski definition) is 1. The molecular weight excluding hydrogens is 336 g/mol. The lowest BCUT2D eigenvalue weighted by molar-refractivity contribution is 0.171. The quantitative estimate of drug-likeness (QED) is 0.878. The van der Waals surface area contributed by atoms with Crippen LogP contribution >= 0.6 is 0 Å². The Bertz CT molecular complexity index is 808. The van der Waals surface area contributed by atoms with Crippen LogP contribution in [-0.2, 0) is 7.05 Å². The lowest BCUT2D eigenvalue weighted by atomic mass is 9.82. The molecule has 4 atom stereocenters. The Morgan fingerprint density at radius 1 is 1.22 bits per heavy atom. The number of nitrogens with one attached hydrogen (secondary N) is 1. The molecule has 2 aliphatic rings. The molecule has 0 aromatic carbocycles. The molecule has 1 N–H and O–H groups in total. The Labute approximate surface area is 162 Å². The highest BCUT2D eigenvalue weighted by molar-refractivity contribution is 5.76. The van der Waals surface area contributed by atoms with Crippen molar-refractivity contribution in [2.75, 3.05) is 25.0 Å². The van der Waals surface area contributed by atoms with Gasteiger partial charge in [-0.25, -0.2) is 0 Å². The summed E-state index contributed by atoms with van der Waals surface area (Å²) in [5.74, 6) is 3.08. The summed E-state index contributed by atoms with van der Waals surface area (Å²) in [6.07, 6.45) is 3.82. The van der Waals surface area contributed by atoms with Crippen molar-refractivity contribution in [3.8, 4) is 11.1 Å². The Morgan fingerprint density at radius 3 is 2.52 bits per heavy atom. The van der Waals surface area contributed by atoms with Crippen LogP contribution in [0, 0.1) is 30.1 Å². The smallest absolute Gasteiger partial charge is 0.156 e. The van der Waals surface area contributed by atoms with E-state index in [9.17, 15) is 0 Å². The van der Waals surface area contributed by atoms with E-state index in [-0.39, 0.29) is 0 Å². The zero-order valence-corrected chi connectivity index (χ0v) is 17.4. The Kier molecular flexibility index (Phi) is 4.49. The first kappa shape index (κ1) is 18.4. The van der Waals surface area contributed by atoms with Crippen LogP contribution in [0.2, 0.25) is 0 Å². The molecule has 6 heteroatoms. The number of rotatable bonds is 5. The molecule has 27 heavy (non-hydrogen) atoms. The van der Waals surface area contributed by atoms with E-state index in [2.05, 4.69) is 59.4 Å². The Morgan fingerprint density at radius 2 is 1.93 bits per heavy atom. The van der Waals surface area contributed by atoms with E-state index in [0.717, 1.165) is 34.5 Å². The van der Waals surface area contributed by atoms with E-state index in [1.165, 1.54) is 19.6 Å². The third-order valence-corrected chi connectivity index (χ3v) is 6.61. The van der Waals surface area contributed by atoms with Gasteiger partial charge >= 0.3 is 0 Å². The summed E-state index contributed by atoms with van der Waals surface area (Å²) in [6, 6.07) is 2.56. The average molecular weight is 369 g/mol. The van der Waals surface area contributed by atoms with Crippen LogP contribution in [0.5, 0.6) is 0 Å². The molecule has 1 saturated carbocycles. The van der Waals surface area contributed by atoms with E-state index in [0.29, 0.717) is 17.4 Å². The van der Waals surface area contributed by atoms with Crippen molar-refractivity contribution >= 4 is 5.82 Å². The number of anilines is 1. The number of nitrogens with zero attached hydrogens (tertiary/aromatic N) is 5. The fourth-order valence-corrected chi connectivity index (χ4v) is 4.32. The van der Waals surface area contributed by atoms with Crippen LogP contribution in [0.3, 0.4) is 0 Å². The Balaban J connectivity index is 1.40. The number of aromatic nitrogens is 4. The van der Waals surface area contributed by atoms with E-state index >= 15 is 0 Å². The summed E-state index contributed by atoms with van der Waals surface area (Å²) in [6.45, 7) is 15.0. The van der Waals surface area contributed by atoms with Crippen molar-refractivity contribution in [2.24, 2.45) is 30.2 Å². The molecule has 2 fully saturated rings. The third-order valence-electron chi connectivity index (χ3n) is 6.61. The second-order valence-corrected chi connectivity index (χ2v) is 9.58. The van der Waals surface area contributed by atoms with Gasteiger partial charge in [-0.1, -0.05) is 27.7 Å². The van der Waals surface area contributed by atoms with Gasteiger partial charge in [-0.3, -0.25) is 4.68 Å². The summed E-state index contributed by atoms with van der Waals surface area (Å²) < 4.78 is 1.86. The predicted molar refractivity (Wildman–Crippen MR) is 108 cm³/mol. The number of fused-ring (bicyclic) bond motifs is 1. The zero-order chi connectivity index (χ0) is 19.3. The number of hydrogen-bond acceptors (Lipinski definition) is 5. The molecule has 2 aromatic heterocycles. The Hall–Kier alpha value is -1.95. The van der Waals surface area contributed by atoms with Gasteiger partial charge in [0.2, 0.25) is 0 Å². The minimum absolute atomic E-state index is 0.376. The first-order valence-electron chi connectivity index (χ1n) is 10.0. The molecule has 6 nitrogen and oxygen atoms in total. The average Bonchev–Trinajstić information content (AvgIpc) is 2.92. The predicted octanol–water partition coefficient (Wildman–Crippen LogP) is 3.21. The fraction of sp³-hybridized carbons (Fsp3) is 0.667. The topological polar surface area (TPSA) is 58.9 Å². The molecular formula is C21H32N6. The highest BCUT2D eigenvalue weighted by Crippen LogP contribution is 2.48. The molecule has 0 amide bonds. The molecule has 1 aliphatic heterocycles. The molecule has 3 heterocycles. The van der Waals surface area contributed by atoms with Crippen LogP contribution < -0.4 is 5.32 Å². The fourth-order valence-electron chi connectivity index (χ4n) is 4.32. The van der Waals surface area contributed by atoms with Gasteiger partial charge in [-0.15, -0.1) is 5.10 Å². The highest BCUT2D eigenvalue weighted by Gasteiger charge is 2.56. The van der Waals surface area contributed by atoms with E-state index in [1.807, 2.05) is 24.7 Å². The van der Waals surface area contributed by atoms with Gasteiger partial charge in [0, 0.05) is 50.0 Å². The highest BCUT2D eigenvalue weighted by atomic mass is 15.3. The lowest BCUT2D eigenvalue weighted by Crippen LogP contribution is -2.35. The van der Waals surface area contributed by atoms with Crippen LogP contribution in [0.4, 0.5) is 5.82 Å². The minimum atomic E-state index is 0.376. The molecule has 2 aromatic rings. The summed E-state index contributed by atoms with van der Waals surface area (Å²) in [4.78, 5) is 2.65. The van der Waals surface area contributed by atoms with Gasteiger partial charge in [0.25, 0.3) is 0 Å². The maximum absolute atomic E-state index is 4.47. The molecule has 1 aliphatic carbocycles. The van der Waals surface area contributed by atoms with Gasteiger partial charge in [0.1, 0.15) is 0 Å². The molecule has 4 rings (SSSR count). The normalized spacial score (nSPS) is 26.1. The van der Waals surface area contributed by atoms with Crippen molar-refractivity contribution < 1.29 is 0 Å². The largest absolute Gasteiger partial charge is 0.365 e. The molecule has 0 spiro atoms. The standard InChI is InChI=1S/C21H32N6/c1-13(21(3,4)5)9-27-11-17-18(12-27)19(17)23-20-15(7-8-22-24-20)16-10-26(6)25-14(16)2/h7-8,10,13,17-19H,9,11-12H2,1-6H3,(H,23,24)/t13?,17-,18+,19-. The molecule has 1 unspecified atom stereocenters. The summed E-state index contributed by atoms with van der Waals surface area (Å²) >= 11 is 0. The first-order chi connectivity index (χ1) is 12.7. The van der Waals surface area contributed by atoms with Gasteiger partial charge in [-0.05, 0) is 36.2 Å². The van der Waals surface area contributed by atoms with Crippen molar-refractivity contribution in [3.63, 3.8) is 0 Å². The van der Waals surface area contributed by atoms with Gasteiger partial charge in [-0.2, -0.15) is 10.2 Å². The van der Waals surface area contributed by atoms with Crippen LogP contribution in [0.1, 0.15) is 33.4 Å². The number of likely N-dealkylation sites (tertiary alicyclic amines) is 1. The zero-order valence-electron chi connectivity index (χ0n) is 17.4. The minimum Gasteiger partial charge on any atom is -0.365 e. The molecule has 0 bridgehead atoms. The number of piperidine rings is 1. The third kappa shape index (κ3) is 3.59. The summed E-state index contributed by atoms with van der Waals surface area (Å²) in [5.41, 5.74) is 3.62. The second-order valence-electron chi connectivity index (χ2n) is 9.58. The lowest BCUT2D eigenvalue weighted by Gasteiger charge is -2.32. The maximum Gasteiger partial charge on any atom is 0.156 e. The summed E-state index contributed by atoms with van der Waals surface area (Å²) in [7, 11) is 1.96. The molecule has 0 radical (unpaired) electrons. The number of aryl methyl sites for hydroxylation is 2. The maximum atomic E-state index is 4.47. The summed E-state index contributed by atoms with van der Waals surface area (Å²) in [5, 5.41) is 16.7. The van der Waals surface area contributed by atoms with Crippen molar-refractivity contribution in [1.82, 2.24) is 24.9 Å². The second kappa shape index (κ2) is 6.59. The first-order valence-corrected chi connectivity index (χ1v) is 10.0. The van der Waals surface area contributed by atoms with Crippen LogP contribution in [0.25, 0.3) is 11.1 Å². The van der Waals surface area contributed by atoms with Gasteiger partial charge in [0.15, 0.2) is 5.82 Å². The van der Waals surface area contributed by atoms with E-state index < -0.39 is 0 Å². The van der Waals surface area contributed by atoms with Crippen LogP contribution in [0.15, 0.2) is 18.5 Å². The van der Waals surface area contributed by atoms with Crippen molar-refractivity contribution in [3.05, 3.63) is 24.2 Å². The van der Waals surface area contributed by atoms with E-state index in [4.69, 9.17) is 0 Å². The monoisotopic (exact) mass is 368 g/mol. The van der Waals surface area contributed by atoms with Crippen molar-refractivity contribution in [1.29, 1.82) is 0 Å². The SMILES string of the molecule is Cc1nn(C)cc1-c1ccnnc1N[C@@H]1[C@@H]2CN(CC(C)C(C)(C)C)C[C@@H]21. The molecule has 146 valence electrons. The van der Waals surface area contributed by atoms with Crippen molar-refractivity contribution in [2.45, 2.75) is 40.7 Å². The van der Waals surface area contributed by atoms with Gasteiger partial charge in [0.05, 0.1) is 11.9 Å². The van der Waals surface area contributed by atoms with Crippen LogP contribution in [-0.4, -0.2) is 50.6 Å². The van der Waals surface area contributed by atoms with Gasteiger partial charge < -0.3 is 10.2 Å². The van der Waals surface area contributed by atoms with E-state index in [1.54, 1.807) is 6.20 Å². The molecule has 1 saturated heterocycles.